The molecule has 2 fully saturated rings. The molecular formula is C17H22FN3O4. The van der Waals surface area contributed by atoms with Crippen LogP contribution in [0.3, 0.4) is 0 Å². The molecule has 0 spiro atoms. The summed E-state index contributed by atoms with van der Waals surface area (Å²) in [6, 6.07) is 4.66. The summed E-state index contributed by atoms with van der Waals surface area (Å²) >= 11 is 0. The molecule has 2 amide bonds. The van der Waals surface area contributed by atoms with Crippen molar-refractivity contribution in [3.8, 4) is 0 Å². The Morgan fingerprint density at radius 2 is 2.28 bits per heavy atom. The third-order valence-electron chi connectivity index (χ3n) is 4.80. The van der Waals surface area contributed by atoms with E-state index >= 15 is 0 Å². The van der Waals surface area contributed by atoms with Crippen molar-refractivity contribution in [3.05, 3.63) is 24.0 Å². The standard InChI is InChI=1S/C17H22FN3O4/c1-11(22)19-9-13-10-20(16(23)25-13)12-4-5-15(14(18)8-12)21-7-6-17(21,2)24-3/h4-5,8,13H,6-7,9-10H2,1-3H3,(H,19,22)/t13-,17-/m0/s1. The fourth-order valence-corrected chi connectivity index (χ4v) is 3.10. The van der Waals surface area contributed by atoms with E-state index in [1.165, 1.54) is 17.9 Å². The Bertz CT molecular complexity index is 694. The molecule has 8 heteroatoms. The molecule has 0 bridgehead atoms. The van der Waals surface area contributed by atoms with Crippen LogP contribution in [0, 0.1) is 5.82 Å². The zero-order valence-electron chi connectivity index (χ0n) is 14.5. The lowest BCUT2D eigenvalue weighted by atomic mass is 9.98. The number of anilines is 2. The molecule has 0 saturated carbocycles. The third-order valence-corrected chi connectivity index (χ3v) is 4.80. The molecule has 1 N–H and O–H groups in total. The Balaban J connectivity index is 1.73. The van der Waals surface area contributed by atoms with Gasteiger partial charge in [-0.25, -0.2) is 9.18 Å². The maximum absolute atomic E-state index is 14.6. The number of nitrogens with zero attached hydrogens (tertiary/aromatic N) is 2. The van der Waals surface area contributed by atoms with Gasteiger partial charge in [0.2, 0.25) is 5.91 Å². The molecule has 2 aliphatic heterocycles. The normalized spacial score (nSPS) is 25.6. The van der Waals surface area contributed by atoms with Crippen molar-refractivity contribution in [1.29, 1.82) is 0 Å². The van der Waals surface area contributed by atoms with Gasteiger partial charge in [0.15, 0.2) is 0 Å². The number of ether oxygens (including phenoxy) is 2. The molecule has 0 unspecified atom stereocenters. The topological polar surface area (TPSA) is 71.1 Å². The van der Waals surface area contributed by atoms with Crippen molar-refractivity contribution >= 4 is 23.4 Å². The van der Waals surface area contributed by atoms with Crippen molar-refractivity contribution in [2.75, 3.05) is 36.5 Å². The minimum Gasteiger partial charge on any atom is -0.442 e. The van der Waals surface area contributed by atoms with Crippen LogP contribution >= 0.6 is 0 Å². The van der Waals surface area contributed by atoms with E-state index in [4.69, 9.17) is 9.47 Å². The number of halogens is 1. The summed E-state index contributed by atoms with van der Waals surface area (Å²) in [5.74, 6) is -0.612. The smallest absolute Gasteiger partial charge is 0.414 e. The first-order valence-corrected chi connectivity index (χ1v) is 8.19. The van der Waals surface area contributed by atoms with Crippen molar-refractivity contribution < 1.29 is 23.5 Å². The average Bonchev–Trinajstić information content (AvgIpc) is 2.94. The monoisotopic (exact) mass is 351 g/mol. The van der Waals surface area contributed by atoms with Gasteiger partial charge in [-0.15, -0.1) is 0 Å². The SMILES string of the molecule is CO[C@@]1(C)CCN1c1ccc(N2C[C@H](CNC(C)=O)OC2=O)cc1F. The zero-order chi connectivity index (χ0) is 18.2. The van der Waals surface area contributed by atoms with Crippen LogP contribution in [0.4, 0.5) is 20.6 Å². The Hall–Kier alpha value is -2.35. The number of hydrogen-bond donors (Lipinski definition) is 1. The van der Waals surface area contributed by atoms with Gasteiger partial charge in [0.1, 0.15) is 17.6 Å². The van der Waals surface area contributed by atoms with Gasteiger partial charge in [-0.05, 0) is 25.1 Å². The Kier molecular flexibility index (Phi) is 4.55. The van der Waals surface area contributed by atoms with Gasteiger partial charge in [-0.2, -0.15) is 0 Å². The Morgan fingerprint density at radius 1 is 1.52 bits per heavy atom. The second kappa shape index (κ2) is 6.51. The van der Waals surface area contributed by atoms with E-state index in [1.807, 2.05) is 11.8 Å². The van der Waals surface area contributed by atoms with Crippen LogP contribution in [0.5, 0.6) is 0 Å². The summed E-state index contributed by atoms with van der Waals surface area (Å²) in [6.07, 6.45) is -0.173. The van der Waals surface area contributed by atoms with Crippen LogP contribution in [0.25, 0.3) is 0 Å². The zero-order valence-corrected chi connectivity index (χ0v) is 14.5. The number of rotatable bonds is 5. The molecular weight excluding hydrogens is 329 g/mol. The first-order valence-electron chi connectivity index (χ1n) is 8.19. The van der Waals surface area contributed by atoms with Crippen LogP contribution in [0.15, 0.2) is 18.2 Å². The summed E-state index contributed by atoms with van der Waals surface area (Å²) in [5, 5.41) is 2.61. The van der Waals surface area contributed by atoms with Crippen LogP contribution in [-0.2, 0) is 14.3 Å². The summed E-state index contributed by atoms with van der Waals surface area (Å²) in [5.41, 5.74) is 0.371. The molecule has 2 aliphatic rings. The molecule has 136 valence electrons. The highest BCUT2D eigenvalue weighted by Gasteiger charge is 2.42. The second-order valence-electron chi connectivity index (χ2n) is 6.47. The van der Waals surface area contributed by atoms with E-state index in [9.17, 15) is 14.0 Å². The van der Waals surface area contributed by atoms with Gasteiger partial charge in [-0.3, -0.25) is 9.69 Å². The number of carbonyl (C=O) groups is 2. The number of benzene rings is 1. The summed E-state index contributed by atoms with van der Waals surface area (Å²) in [4.78, 5) is 26.2. The van der Waals surface area contributed by atoms with E-state index in [2.05, 4.69) is 5.32 Å². The summed E-state index contributed by atoms with van der Waals surface area (Å²) in [6.45, 7) is 4.52. The molecule has 7 nitrogen and oxygen atoms in total. The van der Waals surface area contributed by atoms with Gasteiger partial charge in [0.05, 0.1) is 24.5 Å². The quantitative estimate of drug-likeness (QED) is 0.877. The largest absolute Gasteiger partial charge is 0.442 e. The number of cyclic esters (lactones) is 1. The highest BCUT2D eigenvalue weighted by Crippen LogP contribution is 2.38. The minimum atomic E-state index is -0.548. The van der Waals surface area contributed by atoms with Crippen molar-refractivity contribution in [3.63, 3.8) is 0 Å². The Morgan fingerprint density at radius 3 is 2.84 bits per heavy atom. The number of carbonyl (C=O) groups excluding carboxylic acids is 2. The predicted molar refractivity (Wildman–Crippen MR) is 90.1 cm³/mol. The lowest BCUT2D eigenvalue weighted by Gasteiger charge is -2.50. The average molecular weight is 351 g/mol. The molecule has 2 heterocycles. The maximum Gasteiger partial charge on any atom is 0.414 e. The summed E-state index contributed by atoms with van der Waals surface area (Å²) in [7, 11) is 1.61. The van der Waals surface area contributed by atoms with Gasteiger partial charge in [-0.1, -0.05) is 0 Å². The fourth-order valence-electron chi connectivity index (χ4n) is 3.10. The van der Waals surface area contributed by atoms with Gasteiger partial charge >= 0.3 is 6.09 Å². The number of hydrogen-bond acceptors (Lipinski definition) is 5. The van der Waals surface area contributed by atoms with E-state index < -0.39 is 23.7 Å². The molecule has 2 atom stereocenters. The molecule has 1 aromatic rings. The lowest BCUT2D eigenvalue weighted by Crippen LogP contribution is -2.59. The van der Waals surface area contributed by atoms with Crippen LogP contribution in [0.1, 0.15) is 20.3 Å². The van der Waals surface area contributed by atoms with Crippen LogP contribution in [-0.4, -0.2) is 50.6 Å². The predicted octanol–water partition coefficient (Wildman–Crippen LogP) is 1.86. The van der Waals surface area contributed by atoms with E-state index in [1.54, 1.807) is 19.2 Å². The van der Waals surface area contributed by atoms with Crippen molar-refractivity contribution in [2.24, 2.45) is 0 Å². The Labute approximate surface area is 145 Å². The molecule has 0 radical (unpaired) electrons. The van der Waals surface area contributed by atoms with E-state index in [-0.39, 0.29) is 19.0 Å². The first kappa shape index (κ1) is 17.5. The number of methoxy groups -OCH3 is 1. The van der Waals surface area contributed by atoms with Crippen LogP contribution < -0.4 is 15.1 Å². The molecule has 1 aromatic carbocycles. The second-order valence-corrected chi connectivity index (χ2v) is 6.47. The van der Waals surface area contributed by atoms with E-state index in [0.717, 1.165) is 6.42 Å². The third kappa shape index (κ3) is 3.26. The van der Waals surface area contributed by atoms with E-state index in [0.29, 0.717) is 17.9 Å². The van der Waals surface area contributed by atoms with Gasteiger partial charge < -0.3 is 19.7 Å². The van der Waals surface area contributed by atoms with Crippen LogP contribution in [0.2, 0.25) is 0 Å². The maximum atomic E-state index is 14.6. The minimum absolute atomic E-state index is 0.194. The first-order chi connectivity index (χ1) is 11.8. The molecule has 3 rings (SSSR count). The molecule has 25 heavy (non-hydrogen) atoms. The molecule has 2 saturated heterocycles. The van der Waals surface area contributed by atoms with Gasteiger partial charge in [0.25, 0.3) is 0 Å². The molecule has 0 aliphatic carbocycles. The number of nitrogens with one attached hydrogen (secondary N) is 1. The highest BCUT2D eigenvalue weighted by molar-refractivity contribution is 5.90. The van der Waals surface area contributed by atoms with Crippen molar-refractivity contribution in [2.45, 2.75) is 32.1 Å². The highest BCUT2D eigenvalue weighted by atomic mass is 19.1. The summed E-state index contributed by atoms with van der Waals surface area (Å²) < 4.78 is 25.2. The molecule has 0 aromatic heterocycles. The van der Waals surface area contributed by atoms with Gasteiger partial charge in [0, 0.05) is 27.0 Å². The number of amides is 2. The van der Waals surface area contributed by atoms with Crippen molar-refractivity contribution in [1.82, 2.24) is 5.32 Å². The lowest BCUT2D eigenvalue weighted by molar-refractivity contribution is -0.119. The fraction of sp³-hybridized carbons (Fsp3) is 0.529.